The number of thiazole rings is 1. The number of aryl methyl sites for hydroxylation is 2. The molecule has 3 N–H and O–H groups in total. The van der Waals surface area contributed by atoms with Crippen molar-refractivity contribution < 1.29 is 14.3 Å². The molecule has 1 unspecified atom stereocenters. The van der Waals surface area contributed by atoms with Crippen LogP contribution >= 0.6 is 11.3 Å². The minimum absolute atomic E-state index is 0.0375. The molecule has 210 valence electrons. The molecule has 0 saturated carbocycles. The van der Waals surface area contributed by atoms with E-state index in [0.717, 1.165) is 42.0 Å². The molecular formula is C28H34N8O3S. The zero-order chi connectivity index (χ0) is 28.1. The maximum absolute atomic E-state index is 12.9. The summed E-state index contributed by atoms with van der Waals surface area (Å²) in [4.78, 5) is 43.4. The molecular weight excluding hydrogens is 528 g/mol. The van der Waals surface area contributed by atoms with E-state index in [4.69, 9.17) is 9.72 Å². The molecule has 0 spiro atoms. The summed E-state index contributed by atoms with van der Waals surface area (Å²) in [5.41, 5.74) is 3.67. The lowest BCUT2D eigenvalue weighted by atomic mass is 10.1. The summed E-state index contributed by atoms with van der Waals surface area (Å²) < 4.78 is 5.49. The molecule has 0 radical (unpaired) electrons. The first-order valence-electron chi connectivity index (χ1n) is 13.3. The first-order valence-corrected chi connectivity index (χ1v) is 14.2. The SMILES string of the molecule is C=CC(=O)N1CCC(Nc2nc(CN3CCOCC3)cc(Nc3ncc(C(=O)Nc4c(C)cccc4C)s3)n2)C1. The highest BCUT2D eigenvalue weighted by Gasteiger charge is 2.26. The molecule has 4 heterocycles. The van der Waals surface area contributed by atoms with Crippen LogP contribution in [0, 0.1) is 13.8 Å². The summed E-state index contributed by atoms with van der Waals surface area (Å²) >= 11 is 1.26. The molecule has 2 amide bonds. The lowest BCUT2D eigenvalue weighted by Gasteiger charge is -2.26. The van der Waals surface area contributed by atoms with Crippen LogP contribution < -0.4 is 16.0 Å². The van der Waals surface area contributed by atoms with Gasteiger partial charge in [0.15, 0.2) is 5.13 Å². The van der Waals surface area contributed by atoms with E-state index in [0.29, 0.717) is 54.6 Å². The second-order valence-electron chi connectivity index (χ2n) is 9.95. The Labute approximate surface area is 237 Å². The molecule has 40 heavy (non-hydrogen) atoms. The van der Waals surface area contributed by atoms with Gasteiger partial charge in [0.25, 0.3) is 5.91 Å². The average molecular weight is 563 g/mol. The van der Waals surface area contributed by atoms with Crippen molar-refractivity contribution in [3.05, 3.63) is 64.8 Å². The Morgan fingerprint density at radius 2 is 1.95 bits per heavy atom. The molecule has 2 aliphatic heterocycles. The normalized spacial score (nSPS) is 17.4. The van der Waals surface area contributed by atoms with Crippen LogP contribution in [0.25, 0.3) is 0 Å². The van der Waals surface area contributed by atoms with Gasteiger partial charge in [0.05, 0.1) is 25.1 Å². The number of likely N-dealkylation sites (tertiary alicyclic amines) is 1. The molecule has 1 aromatic carbocycles. The maximum Gasteiger partial charge on any atom is 0.267 e. The predicted octanol–water partition coefficient (Wildman–Crippen LogP) is 3.58. The Hall–Kier alpha value is -3.87. The number of nitrogens with zero attached hydrogens (tertiary/aromatic N) is 5. The number of para-hydroxylation sites is 1. The number of hydrogen-bond donors (Lipinski definition) is 3. The Kier molecular flexibility index (Phi) is 8.68. The fourth-order valence-electron chi connectivity index (χ4n) is 4.82. The van der Waals surface area contributed by atoms with Crippen LogP contribution in [0.3, 0.4) is 0 Å². The van der Waals surface area contributed by atoms with Crippen molar-refractivity contribution in [3.8, 4) is 0 Å². The van der Waals surface area contributed by atoms with Crippen molar-refractivity contribution in [2.24, 2.45) is 0 Å². The molecule has 2 aliphatic rings. The van der Waals surface area contributed by atoms with Crippen LogP contribution in [0.5, 0.6) is 0 Å². The lowest BCUT2D eigenvalue weighted by molar-refractivity contribution is -0.125. The minimum Gasteiger partial charge on any atom is -0.379 e. The zero-order valence-electron chi connectivity index (χ0n) is 22.8. The lowest BCUT2D eigenvalue weighted by Crippen LogP contribution is -2.36. The molecule has 0 bridgehead atoms. The van der Waals surface area contributed by atoms with Crippen molar-refractivity contribution in [2.45, 2.75) is 32.9 Å². The summed E-state index contributed by atoms with van der Waals surface area (Å²) in [7, 11) is 0. The number of carbonyl (C=O) groups is 2. The molecule has 0 aliphatic carbocycles. The number of carbonyl (C=O) groups excluding carboxylic acids is 2. The van der Waals surface area contributed by atoms with Crippen LogP contribution in [0.15, 0.2) is 43.1 Å². The van der Waals surface area contributed by atoms with Crippen molar-refractivity contribution >= 4 is 45.7 Å². The smallest absolute Gasteiger partial charge is 0.267 e. The second-order valence-corrected chi connectivity index (χ2v) is 11.0. The van der Waals surface area contributed by atoms with Gasteiger partial charge in [-0.3, -0.25) is 14.5 Å². The third kappa shape index (κ3) is 6.82. The molecule has 1 atom stereocenters. The Balaban J connectivity index is 1.31. The minimum atomic E-state index is -0.208. The Morgan fingerprint density at radius 3 is 2.70 bits per heavy atom. The number of ether oxygens (including phenoxy) is 1. The number of rotatable bonds is 9. The van der Waals surface area contributed by atoms with Gasteiger partial charge in [-0.2, -0.15) is 4.98 Å². The molecule has 2 fully saturated rings. The summed E-state index contributed by atoms with van der Waals surface area (Å²) in [6, 6.07) is 7.85. The van der Waals surface area contributed by atoms with E-state index in [-0.39, 0.29) is 17.9 Å². The van der Waals surface area contributed by atoms with Gasteiger partial charge in [-0.1, -0.05) is 36.1 Å². The Morgan fingerprint density at radius 1 is 1.18 bits per heavy atom. The van der Waals surface area contributed by atoms with Gasteiger partial charge < -0.3 is 25.6 Å². The summed E-state index contributed by atoms with van der Waals surface area (Å²) in [6.45, 7) is 12.5. The number of amides is 2. The van der Waals surface area contributed by atoms with Crippen molar-refractivity contribution in [1.29, 1.82) is 0 Å². The third-order valence-electron chi connectivity index (χ3n) is 6.96. The van der Waals surface area contributed by atoms with E-state index in [1.54, 1.807) is 11.1 Å². The quantitative estimate of drug-likeness (QED) is 0.336. The highest BCUT2D eigenvalue weighted by Crippen LogP contribution is 2.26. The highest BCUT2D eigenvalue weighted by molar-refractivity contribution is 7.17. The van der Waals surface area contributed by atoms with E-state index >= 15 is 0 Å². The van der Waals surface area contributed by atoms with Crippen LogP contribution in [-0.2, 0) is 16.1 Å². The number of hydrogen-bond acceptors (Lipinski definition) is 10. The van der Waals surface area contributed by atoms with Crippen molar-refractivity contribution in [1.82, 2.24) is 24.8 Å². The average Bonchev–Trinajstić information content (AvgIpc) is 3.61. The number of nitrogens with one attached hydrogen (secondary N) is 3. The summed E-state index contributed by atoms with van der Waals surface area (Å²) in [5, 5.41) is 10.2. The molecule has 2 saturated heterocycles. The van der Waals surface area contributed by atoms with Crippen LogP contribution in [0.1, 0.15) is 32.9 Å². The standard InChI is InChI=1S/C28H34N8O3S/c1-4-24(37)36-9-8-20(17-36)30-27-31-21(16-35-10-12-39-13-11-35)14-23(32-27)33-28-29-15-22(40-28)26(38)34-25-18(2)6-5-7-19(25)3/h4-7,14-15,20H,1,8-13,16-17H2,2-3H3,(H,34,38)(H2,29,30,31,32,33). The van der Waals surface area contributed by atoms with Crippen molar-refractivity contribution in [2.75, 3.05) is 55.3 Å². The van der Waals surface area contributed by atoms with Crippen LogP contribution in [0.2, 0.25) is 0 Å². The van der Waals surface area contributed by atoms with Gasteiger partial charge in [-0.25, -0.2) is 9.97 Å². The van der Waals surface area contributed by atoms with Crippen LogP contribution in [-0.4, -0.2) is 82.0 Å². The predicted molar refractivity (Wildman–Crippen MR) is 156 cm³/mol. The molecule has 3 aromatic rings. The number of benzene rings is 1. The summed E-state index contributed by atoms with van der Waals surface area (Å²) in [6.07, 6.45) is 3.70. The largest absolute Gasteiger partial charge is 0.379 e. The maximum atomic E-state index is 12.9. The van der Waals surface area contributed by atoms with Gasteiger partial charge in [0.2, 0.25) is 11.9 Å². The fraction of sp³-hybridized carbons (Fsp3) is 0.393. The summed E-state index contributed by atoms with van der Waals surface area (Å²) in [5.74, 6) is 0.778. The van der Waals surface area contributed by atoms with E-state index in [2.05, 4.69) is 37.4 Å². The highest BCUT2D eigenvalue weighted by atomic mass is 32.1. The van der Waals surface area contributed by atoms with Gasteiger partial charge in [-0.15, -0.1) is 0 Å². The van der Waals surface area contributed by atoms with Gasteiger partial charge in [0.1, 0.15) is 10.7 Å². The zero-order valence-corrected chi connectivity index (χ0v) is 23.6. The van der Waals surface area contributed by atoms with Gasteiger partial charge in [-0.05, 0) is 37.5 Å². The fourth-order valence-corrected chi connectivity index (χ4v) is 5.54. The van der Waals surface area contributed by atoms with E-state index in [1.807, 2.05) is 38.1 Å². The molecule has 12 heteroatoms. The van der Waals surface area contributed by atoms with Gasteiger partial charge >= 0.3 is 0 Å². The molecule has 11 nitrogen and oxygen atoms in total. The van der Waals surface area contributed by atoms with Gasteiger partial charge in [0, 0.05) is 50.5 Å². The first-order chi connectivity index (χ1) is 19.4. The van der Waals surface area contributed by atoms with E-state index in [9.17, 15) is 9.59 Å². The van der Waals surface area contributed by atoms with Crippen molar-refractivity contribution in [3.63, 3.8) is 0 Å². The number of aromatic nitrogens is 3. The molecule has 5 rings (SSSR count). The van der Waals surface area contributed by atoms with E-state index in [1.165, 1.54) is 17.4 Å². The monoisotopic (exact) mass is 562 g/mol. The number of morpholine rings is 1. The topological polar surface area (TPSA) is 125 Å². The van der Waals surface area contributed by atoms with Crippen LogP contribution in [0.4, 0.5) is 22.6 Å². The Bertz CT molecular complexity index is 1370. The first kappa shape index (κ1) is 27.7. The van der Waals surface area contributed by atoms with E-state index < -0.39 is 0 Å². The molecule has 2 aromatic heterocycles. The number of anilines is 4. The second kappa shape index (κ2) is 12.5. The third-order valence-corrected chi connectivity index (χ3v) is 7.87.